The molecule has 0 aliphatic rings. The fourth-order valence-corrected chi connectivity index (χ4v) is 12.4. The summed E-state index contributed by atoms with van der Waals surface area (Å²) in [6.45, 7) is 14.4. The summed E-state index contributed by atoms with van der Waals surface area (Å²) in [6, 6.07) is 0. The number of hydrogen-bond donors (Lipinski definition) is 0. The quantitative estimate of drug-likeness (QED) is 0.196. The van der Waals surface area contributed by atoms with Crippen LogP contribution in [-0.4, -0.2) is 14.7 Å². The van der Waals surface area contributed by atoms with Gasteiger partial charge in [0, 0.05) is 0 Å². The summed E-state index contributed by atoms with van der Waals surface area (Å²) in [5.41, 5.74) is 0. The summed E-state index contributed by atoms with van der Waals surface area (Å²) in [7, 11) is 0. The van der Waals surface area contributed by atoms with E-state index < -0.39 is 14.7 Å². The van der Waals surface area contributed by atoms with Gasteiger partial charge in [-0.05, 0) is 0 Å². The van der Waals surface area contributed by atoms with Crippen LogP contribution in [0.1, 0.15) is 119 Å². The molecule has 0 aliphatic carbocycles. The summed E-state index contributed by atoms with van der Waals surface area (Å²) >= 11 is -0.667. The Balaban J connectivity index is 4.80. The first-order valence-electron chi connectivity index (χ1n) is 11.9. The maximum absolute atomic E-state index is 2.45. The third kappa shape index (κ3) is 13.4. The number of unbranched alkanes of at least 4 members (excludes halogenated alkanes) is 3. The zero-order valence-electron chi connectivity index (χ0n) is 18.8. The van der Waals surface area contributed by atoms with Crippen molar-refractivity contribution in [3.8, 4) is 0 Å². The van der Waals surface area contributed by atoms with Gasteiger partial charge in [-0.25, -0.2) is 0 Å². The molecule has 0 radical (unpaired) electrons. The Kier molecular flexibility index (Phi) is 18.3. The molecule has 0 saturated carbocycles. The van der Waals surface area contributed by atoms with Gasteiger partial charge in [-0.3, -0.25) is 0 Å². The first kappa shape index (κ1) is 25.6. The molecule has 0 aromatic heterocycles. The molecular weight excluding hydrogens is 363 g/mol. The molecule has 0 aliphatic heterocycles. The molecule has 152 valence electrons. The molecule has 0 fully saturated rings. The Hall–Kier alpha value is 0.558. The molecule has 0 rings (SSSR count). The van der Waals surface area contributed by atoms with E-state index >= 15 is 0 Å². The van der Waals surface area contributed by atoms with E-state index in [1.807, 2.05) is 0 Å². The number of rotatable bonds is 18. The van der Waals surface area contributed by atoms with Crippen molar-refractivity contribution in [3.63, 3.8) is 0 Å². The molecule has 0 aromatic rings. The van der Waals surface area contributed by atoms with Crippen LogP contribution in [0.15, 0.2) is 0 Å². The minimum atomic E-state index is -0.667. The van der Waals surface area contributed by atoms with Crippen LogP contribution < -0.4 is 0 Å². The molecule has 0 saturated heterocycles. The summed E-state index contributed by atoms with van der Waals surface area (Å²) < 4.78 is 0. The molecule has 0 spiro atoms. The SMILES string of the molecule is CCCCC(CC)C[As](CC(CC)CCCC)CC(CC)CCCC. The van der Waals surface area contributed by atoms with Gasteiger partial charge in [-0.15, -0.1) is 0 Å². The average Bonchev–Trinajstić information content (AvgIpc) is 2.64. The summed E-state index contributed by atoms with van der Waals surface area (Å²) in [5, 5.41) is 4.98. The van der Waals surface area contributed by atoms with Crippen molar-refractivity contribution < 1.29 is 0 Å². The normalized spacial score (nSPS) is 16.6. The number of hydrogen-bond acceptors (Lipinski definition) is 0. The molecular formula is C24H51As. The van der Waals surface area contributed by atoms with E-state index in [2.05, 4.69) is 41.5 Å². The van der Waals surface area contributed by atoms with E-state index in [9.17, 15) is 0 Å². The molecule has 25 heavy (non-hydrogen) atoms. The zero-order valence-corrected chi connectivity index (χ0v) is 20.7. The van der Waals surface area contributed by atoms with E-state index in [0.29, 0.717) is 0 Å². The van der Waals surface area contributed by atoms with Gasteiger partial charge in [0.15, 0.2) is 0 Å². The molecule has 3 unspecified atom stereocenters. The van der Waals surface area contributed by atoms with Crippen molar-refractivity contribution >= 4 is 14.7 Å². The fraction of sp³-hybridized carbons (Fsp3) is 1.00. The monoisotopic (exact) mass is 414 g/mol. The second-order valence-corrected chi connectivity index (χ2v) is 13.6. The molecule has 0 heterocycles. The van der Waals surface area contributed by atoms with Crippen molar-refractivity contribution in [1.29, 1.82) is 0 Å². The van der Waals surface area contributed by atoms with Crippen LogP contribution in [0.3, 0.4) is 0 Å². The molecule has 3 atom stereocenters. The van der Waals surface area contributed by atoms with E-state index in [0.717, 1.165) is 17.8 Å². The van der Waals surface area contributed by atoms with Crippen molar-refractivity contribution in [2.24, 2.45) is 17.8 Å². The van der Waals surface area contributed by atoms with Crippen molar-refractivity contribution in [1.82, 2.24) is 0 Å². The van der Waals surface area contributed by atoms with Gasteiger partial charge in [-0.1, -0.05) is 0 Å². The molecule has 0 nitrogen and oxygen atoms in total. The average molecular weight is 415 g/mol. The maximum atomic E-state index is 2.45. The van der Waals surface area contributed by atoms with Gasteiger partial charge in [0.2, 0.25) is 0 Å². The Bertz CT molecular complexity index is 220. The van der Waals surface area contributed by atoms with Gasteiger partial charge < -0.3 is 0 Å². The van der Waals surface area contributed by atoms with Crippen LogP contribution >= 0.6 is 0 Å². The minimum absolute atomic E-state index is 0.667. The Morgan fingerprint density at radius 1 is 0.480 bits per heavy atom. The van der Waals surface area contributed by atoms with E-state index in [4.69, 9.17) is 0 Å². The third-order valence-corrected chi connectivity index (χ3v) is 12.7. The van der Waals surface area contributed by atoms with Gasteiger partial charge in [0.25, 0.3) is 0 Å². The van der Waals surface area contributed by atoms with Gasteiger partial charge >= 0.3 is 167 Å². The van der Waals surface area contributed by atoms with Crippen LogP contribution in [0.4, 0.5) is 0 Å². The predicted molar refractivity (Wildman–Crippen MR) is 120 cm³/mol. The van der Waals surface area contributed by atoms with Crippen molar-refractivity contribution in [3.05, 3.63) is 0 Å². The van der Waals surface area contributed by atoms with Crippen LogP contribution in [0.25, 0.3) is 0 Å². The fourth-order valence-electron chi connectivity index (χ4n) is 4.07. The second-order valence-electron chi connectivity index (χ2n) is 8.47. The van der Waals surface area contributed by atoms with Crippen LogP contribution in [0, 0.1) is 17.8 Å². The molecule has 0 N–H and O–H groups in total. The summed E-state index contributed by atoms with van der Waals surface area (Å²) in [5.74, 6) is 3.15. The van der Waals surface area contributed by atoms with Gasteiger partial charge in [-0.2, -0.15) is 0 Å². The first-order valence-corrected chi connectivity index (χ1v) is 15.8. The van der Waals surface area contributed by atoms with Crippen molar-refractivity contribution in [2.45, 2.75) is 134 Å². The summed E-state index contributed by atoms with van der Waals surface area (Å²) in [4.78, 5) is 0. The van der Waals surface area contributed by atoms with Crippen LogP contribution in [0.5, 0.6) is 0 Å². The Morgan fingerprint density at radius 3 is 0.960 bits per heavy atom. The standard InChI is InChI=1S/C24H51As/c1-7-13-16-22(10-4)19-25(20-23(11-5)17-14-8-2)21-24(12-6)18-15-9-3/h22-24H,7-21H2,1-6H3. The van der Waals surface area contributed by atoms with E-state index in [1.165, 1.54) is 77.0 Å². The van der Waals surface area contributed by atoms with Crippen LogP contribution in [-0.2, 0) is 0 Å². The van der Waals surface area contributed by atoms with Gasteiger partial charge in [0.1, 0.15) is 0 Å². The molecule has 1 heteroatoms. The molecule has 0 bridgehead atoms. The van der Waals surface area contributed by atoms with Crippen LogP contribution in [0.2, 0.25) is 15.6 Å². The van der Waals surface area contributed by atoms with E-state index in [1.54, 1.807) is 15.6 Å². The molecule has 0 aromatic carbocycles. The Labute approximate surface area is 166 Å². The Morgan fingerprint density at radius 2 is 0.760 bits per heavy atom. The molecule has 0 amide bonds. The van der Waals surface area contributed by atoms with E-state index in [-0.39, 0.29) is 0 Å². The zero-order chi connectivity index (χ0) is 18.9. The topological polar surface area (TPSA) is 0 Å². The first-order chi connectivity index (χ1) is 12.1. The van der Waals surface area contributed by atoms with Gasteiger partial charge in [0.05, 0.1) is 0 Å². The predicted octanol–water partition coefficient (Wildman–Crippen LogP) is 9.13. The second kappa shape index (κ2) is 17.9. The third-order valence-electron chi connectivity index (χ3n) is 6.18. The van der Waals surface area contributed by atoms with Crippen molar-refractivity contribution in [2.75, 3.05) is 0 Å². The summed E-state index contributed by atoms with van der Waals surface area (Å²) in [6.07, 6.45) is 17.3.